The van der Waals surface area contributed by atoms with Crippen LogP contribution in [0.15, 0.2) is 47.6 Å². The minimum absolute atomic E-state index is 0.0272. The average Bonchev–Trinajstić information content (AvgIpc) is 2.56. The van der Waals surface area contributed by atoms with Crippen molar-refractivity contribution in [2.75, 3.05) is 6.61 Å². The molecule has 0 radical (unpaired) electrons. The third-order valence-electron chi connectivity index (χ3n) is 4.57. The van der Waals surface area contributed by atoms with E-state index in [1.54, 1.807) is 13.0 Å². The molecular weight excluding hydrogens is 346 g/mol. The maximum Gasteiger partial charge on any atom is 0.330 e. The van der Waals surface area contributed by atoms with Gasteiger partial charge in [0.25, 0.3) is 0 Å². The number of benzene rings is 1. The number of azide groups is 1. The van der Waals surface area contributed by atoms with Crippen LogP contribution in [0.4, 0.5) is 0 Å². The summed E-state index contributed by atoms with van der Waals surface area (Å²) < 4.78 is 11.4. The van der Waals surface area contributed by atoms with Gasteiger partial charge in [-0.25, -0.2) is 4.79 Å². The van der Waals surface area contributed by atoms with E-state index in [1.807, 2.05) is 30.3 Å². The quantitative estimate of drug-likeness (QED) is 0.149. The second-order valence-electron chi connectivity index (χ2n) is 7.51. The molecule has 0 aliphatic carbocycles. The molecule has 0 aromatic heterocycles. The molecule has 2 atom stereocenters. The van der Waals surface area contributed by atoms with E-state index in [-0.39, 0.29) is 5.04 Å². The number of rotatable bonds is 8. The first-order valence-electron chi connectivity index (χ1n) is 8.74. The predicted molar refractivity (Wildman–Crippen MR) is 106 cm³/mol. The number of hydrogen-bond acceptors (Lipinski definition) is 4. The molecule has 0 heterocycles. The van der Waals surface area contributed by atoms with Crippen LogP contribution in [-0.2, 0) is 14.0 Å². The molecule has 0 saturated carbocycles. The van der Waals surface area contributed by atoms with Gasteiger partial charge in [-0.1, -0.05) is 56.2 Å². The molecule has 0 aliphatic rings. The average molecular weight is 376 g/mol. The van der Waals surface area contributed by atoms with Gasteiger partial charge < -0.3 is 9.16 Å². The van der Waals surface area contributed by atoms with Gasteiger partial charge in [0.15, 0.2) is 8.32 Å². The number of esters is 1. The summed E-state index contributed by atoms with van der Waals surface area (Å²) in [6, 6.07) is 8.87. The molecule has 0 spiro atoms. The predicted octanol–water partition coefficient (Wildman–Crippen LogP) is 5.55. The fraction of sp³-hybridized carbons (Fsp3) is 0.526. The van der Waals surface area contributed by atoms with Gasteiger partial charge in [-0.05, 0) is 42.2 Å². The lowest BCUT2D eigenvalue weighted by Crippen LogP contribution is -2.44. The van der Waals surface area contributed by atoms with Crippen molar-refractivity contribution in [3.05, 3.63) is 58.5 Å². The fourth-order valence-electron chi connectivity index (χ4n) is 2.12. The van der Waals surface area contributed by atoms with Crippen molar-refractivity contribution in [2.45, 2.75) is 58.0 Å². The molecule has 0 N–H and O–H groups in total. The Hall–Kier alpha value is -2.08. The van der Waals surface area contributed by atoms with Crippen molar-refractivity contribution in [3.63, 3.8) is 0 Å². The lowest BCUT2D eigenvalue weighted by molar-refractivity contribution is -0.137. The standard InChI is InChI=1S/C19H29N3O3Si/c1-7-24-17(23)14-13-16(25-26(5,6)19(2,3)4)18(21-22-20)15-11-9-8-10-12-15/h8-14,16,18H,7H2,1-6H3/b14-13+/t16-,18-/m0/s1. The van der Waals surface area contributed by atoms with E-state index in [4.69, 9.17) is 14.7 Å². The van der Waals surface area contributed by atoms with E-state index < -0.39 is 26.4 Å². The lowest BCUT2D eigenvalue weighted by Gasteiger charge is -2.40. The molecule has 0 amide bonds. The Morgan fingerprint density at radius 3 is 2.42 bits per heavy atom. The largest absolute Gasteiger partial charge is 0.463 e. The van der Waals surface area contributed by atoms with Crippen LogP contribution >= 0.6 is 0 Å². The van der Waals surface area contributed by atoms with Crippen LogP contribution < -0.4 is 0 Å². The Balaban J connectivity index is 3.28. The first-order chi connectivity index (χ1) is 12.1. The molecule has 6 nitrogen and oxygen atoms in total. The van der Waals surface area contributed by atoms with Crippen LogP contribution in [0.1, 0.15) is 39.3 Å². The minimum atomic E-state index is -2.17. The van der Waals surface area contributed by atoms with E-state index in [9.17, 15) is 4.79 Å². The SMILES string of the molecule is CCOC(=O)/C=C/[C@H](O[Si](C)(C)C(C)(C)C)[C@@H](N=[N+]=[N-])c1ccccc1. The van der Waals surface area contributed by atoms with E-state index in [0.717, 1.165) is 5.56 Å². The summed E-state index contributed by atoms with van der Waals surface area (Å²) in [6.07, 6.45) is 2.44. The molecule has 0 fully saturated rings. The van der Waals surface area contributed by atoms with Gasteiger partial charge >= 0.3 is 5.97 Å². The maximum atomic E-state index is 11.8. The highest BCUT2D eigenvalue weighted by atomic mass is 28.4. The van der Waals surface area contributed by atoms with E-state index in [0.29, 0.717) is 6.61 Å². The highest BCUT2D eigenvalue weighted by molar-refractivity contribution is 6.74. The summed E-state index contributed by atoms with van der Waals surface area (Å²) in [4.78, 5) is 14.8. The fourth-order valence-corrected chi connectivity index (χ4v) is 3.36. The van der Waals surface area contributed by atoms with Gasteiger partial charge in [-0.15, -0.1) is 0 Å². The molecule has 1 aromatic rings. The second-order valence-corrected chi connectivity index (χ2v) is 12.3. The van der Waals surface area contributed by atoms with E-state index >= 15 is 0 Å². The van der Waals surface area contributed by atoms with Crippen molar-refractivity contribution in [3.8, 4) is 0 Å². The van der Waals surface area contributed by atoms with Crippen LogP contribution in [0.2, 0.25) is 18.1 Å². The first kappa shape index (κ1) is 22.0. The van der Waals surface area contributed by atoms with Crippen LogP contribution in [-0.4, -0.2) is 27.0 Å². The Kier molecular flexibility index (Phi) is 8.08. The third-order valence-corrected chi connectivity index (χ3v) is 9.05. The molecule has 1 rings (SSSR count). The van der Waals surface area contributed by atoms with Crippen molar-refractivity contribution >= 4 is 14.3 Å². The summed E-state index contributed by atoms with van der Waals surface area (Å²) in [5, 5.41) is 3.93. The molecule has 0 bridgehead atoms. The van der Waals surface area contributed by atoms with Crippen LogP contribution in [0, 0.1) is 0 Å². The molecule has 142 valence electrons. The van der Waals surface area contributed by atoms with E-state index in [2.05, 4.69) is 43.9 Å². The maximum absolute atomic E-state index is 11.8. The number of carbonyl (C=O) groups excluding carboxylic acids is 1. The minimum Gasteiger partial charge on any atom is -0.463 e. The summed E-state index contributed by atoms with van der Waals surface area (Å²) >= 11 is 0. The van der Waals surface area contributed by atoms with Crippen molar-refractivity contribution in [1.82, 2.24) is 0 Å². The second kappa shape index (κ2) is 9.57. The first-order valence-corrected chi connectivity index (χ1v) is 11.6. The zero-order valence-electron chi connectivity index (χ0n) is 16.5. The number of nitrogens with zero attached hydrogens (tertiary/aromatic N) is 3. The highest BCUT2D eigenvalue weighted by Crippen LogP contribution is 2.39. The van der Waals surface area contributed by atoms with Crippen molar-refractivity contribution < 1.29 is 14.0 Å². The molecule has 7 heteroatoms. The molecule has 0 aliphatic heterocycles. The number of carbonyl (C=O) groups is 1. The normalized spacial score (nSPS) is 14.5. The van der Waals surface area contributed by atoms with Crippen molar-refractivity contribution in [2.24, 2.45) is 5.11 Å². The molecule has 1 aromatic carbocycles. The Labute approximate surface area is 157 Å². The Morgan fingerprint density at radius 1 is 1.31 bits per heavy atom. The van der Waals surface area contributed by atoms with Gasteiger partial charge in [-0.3, -0.25) is 0 Å². The van der Waals surface area contributed by atoms with Crippen LogP contribution in [0.5, 0.6) is 0 Å². The summed E-state index contributed by atoms with van der Waals surface area (Å²) in [5.41, 5.74) is 9.90. The number of hydrogen-bond donors (Lipinski definition) is 0. The molecular formula is C19H29N3O3Si. The van der Waals surface area contributed by atoms with Gasteiger partial charge in [0.2, 0.25) is 0 Å². The molecule has 26 heavy (non-hydrogen) atoms. The third kappa shape index (κ3) is 6.33. The topological polar surface area (TPSA) is 84.3 Å². The van der Waals surface area contributed by atoms with E-state index in [1.165, 1.54) is 6.08 Å². The monoisotopic (exact) mass is 375 g/mol. The summed E-state index contributed by atoms with van der Waals surface area (Å²) in [5.74, 6) is -0.441. The Bertz CT molecular complexity index is 662. The Morgan fingerprint density at radius 2 is 1.92 bits per heavy atom. The number of ether oxygens (including phenoxy) is 1. The molecule has 0 unspecified atom stereocenters. The zero-order valence-corrected chi connectivity index (χ0v) is 17.5. The molecule has 0 saturated heterocycles. The van der Waals surface area contributed by atoms with Gasteiger partial charge in [0.1, 0.15) is 0 Å². The summed E-state index contributed by atoms with van der Waals surface area (Å²) in [6.45, 7) is 12.7. The van der Waals surface area contributed by atoms with Crippen LogP contribution in [0.25, 0.3) is 10.4 Å². The van der Waals surface area contributed by atoms with Crippen LogP contribution in [0.3, 0.4) is 0 Å². The van der Waals surface area contributed by atoms with Gasteiger partial charge in [0.05, 0.1) is 18.8 Å². The summed E-state index contributed by atoms with van der Waals surface area (Å²) in [7, 11) is -2.17. The smallest absolute Gasteiger partial charge is 0.330 e. The van der Waals surface area contributed by atoms with Gasteiger partial charge in [-0.2, -0.15) is 0 Å². The highest BCUT2D eigenvalue weighted by Gasteiger charge is 2.40. The van der Waals surface area contributed by atoms with Gasteiger partial charge in [0, 0.05) is 11.0 Å². The van der Waals surface area contributed by atoms with Crippen molar-refractivity contribution in [1.29, 1.82) is 0 Å². The lowest BCUT2D eigenvalue weighted by atomic mass is 10.0. The zero-order chi connectivity index (χ0) is 19.8.